The van der Waals surface area contributed by atoms with Crippen molar-refractivity contribution in [3.63, 3.8) is 0 Å². The molecule has 1 atom stereocenters. The van der Waals surface area contributed by atoms with Crippen molar-refractivity contribution in [3.8, 4) is 11.1 Å². The Hall–Kier alpha value is -1.19. The van der Waals surface area contributed by atoms with Gasteiger partial charge < -0.3 is 5.73 Å². The summed E-state index contributed by atoms with van der Waals surface area (Å²) in [7, 11) is 0.750. The van der Waals surface area contributed by atoms with Gasteiger partial charge in [0.1, 0.15) is 0 Å². The van der Waals surface area contributed by atoms with E-state index >= 15 is 0 Å². The summed E-state index contributed by atoms with van der Waals surface area (Å²) < 4.78 is 0. The molecule has 0 heterocycles. The van der Waals surface area contributed by atoms with Gasteiger partial charge in [-0.1, -0.05) is 140 Å². The average Bonchev–Trinajstić information content (AvgIpc) is 3.03. The Balaban J connectivity index is 0.000000197. The molecule has 1 unspecified atom stereocenters. The second kappa shape index (κ2) is 13.6. The first-order valence-electron chi connectivity index (χ1n) is 14.6. The van der Waals surface area contributed by atoms with Crippen molar-refractivity contribution in [1.29, 1.82) is 0 Å². The van der Waals surface area contributed by atoms with Gasteiger partial charge in [-0.25, -0.2) is 5.57 Å². The van der Waals surface area contributed by atoms with Crippen LogP contribution in [0.15, 0.2) is 77.4 Å². The number of hydrogen-bond donors (Lipinski definition) is 0. The standard InChI is InChI=1S/C13H22N.C12H10.C9H13.C2H7Si.Ti/c1-10-4-11(2)6-12(3,5-10)9-13(14,7-10)8-11;1-3-7-11(8-4-1)12-9-5-2-6-10-12;1-6-5-7(2)9(4)8(6)3;1-3-2;/h14H,4-9H2,1-3H3;1-10H;6H,1-4H3;3H,1-2H3;/q-1;;-1;;+2. The van der Waals surface area contributed by atoms with Crippen LogP contribution in [-0.2, 0) is 21.7 Å². The van der Waals surface area contributed by atoms with Crippen LogP contribution in [0.25, 0.3) is 16.9 Å². The van der Waals surface area contributed by atoms with Crippen LogP contribution in [0.3, 0.4) is 0 Å². The number of benzene rings is 2. The Morgan fingerprint density at radius 3 is 1.23 bits per heavy atom. The fourth-order valence-corrected chi connectivity index (χ4v) is 8.71. The maximum atomic E-state index is 8.59. The van der Waals surface area contributed by atoms with Crippen LogP contribution in [-0.4, -0.2) is 15.1 Å². The Morgan fingerprint density at radius 1 is 0.692 bits per heavy atom. The summed E-state index contributed by atoms with van der Waals surface area (Å²) in [6, 6.07) is 20.8. The van der Waals surface area contributed by atoms with Crippen molar-refractivity contribution in [2.45, 2.75) is 106 Å². The zero-order chi connectivity index (χ0) is 28.2. The maximum Gasteiger partial charge on any atom is 2.00 e. The normalized spacial score (nSPS) is 33.4. The molecular weight excluding hydrogens is 522 g/mol. The molecule has 0 aliphatic heterocycles. The van der Waals surface area contributed by atoms with Gasteiger partial charge in [0.15, 0.2) is 0 Å². The van der Waals surface area contributed by atoms with Gasteiger partial charge in [0.2, 0.25) is 0 Å². The van der Waals surface area contributed by atoms with Crippen molar-refractivity contribution in [3.05, 3.63) is 89.2 Å². The first-order chi connectivity index (χ1) is 17.7. The van der Waals surface area contributed by atoms with Crippen molar-refractivity contribution in [2.75, 3.05) is 0 Å². The van der Waals surface area contributed by atoms with Crippen molar-refractivity contribution in [2.24, 2.45) is 22.2 Å². The summed E-state index contributed by atoms with van der Waals surface area (Å²) in [5, 5.41) is 0. The van der Waals surface area contributed by atoms with Gasteiger partial charge in [0.25, 0.3) is 0 Å². The van der Waals surface area contributed by atoms with E-state index in [1.807, 2.05) is 12.1 Å². The van der Waals surface area contributed by atoms with Crippen LogP contribution in [0.2, 0.25) is 13.1 Å². The van der Waals surface area contributed by atoms with Crippen molar-refractivity contribution >= 4 is 9.52 Å². The first-order valence-corrected chi connectivity index (χ1v) is 16.9. The summed E-state index contributed by atoms with van der Waals surface area (Å²) in [4.78, 5) is 0. The fourth-order valence-electron chi connectivity index (χ4n) is 8.71. The molecule has 5 aliphatic carbocycles. The largest absolute Gasteiger partial charge is 2.00 e. The number of nitrogens with one attached hydrogen (secondary N) is 1. The Labute approximate surface area is 258 Å². The van der Waals surface area contributed by atoms with E-state index in [2.05, 4.69) is 116 Å². The molecular formula is C36H52NSiTi. The molecule has 0 aromatic heterocycles. The molecule has 2 aromatic rings. The van der Waals surface area contributed by atoms with Crippen LogP contribution in [0, 0.1) is 28.2 Å². The molecule has 5 aliphatic rings. The summed E-state index contributed by atoms with van der Waals surface area (Å²) in [6.07, 6.45) is 11.0. The summed E-state index contributed by atoms with van der Waals surface area (Å²) >= 11 is 0. The van der Waals surface area contributed by atoms with Crippen molar-refractivity contribution in [1.82, 2.24) is 0 Å². The SMILES string of the molecule is CC12CC3(C)CC(C)(C1)CC([NH-])(C2)C3.CC1=[C-]C(C)C(C)=C1C.C[SiH]C.[Ti+2].c1ccc(-c2ccccc2)cc1. The topological polar surface area (TPSA) is 23.8 Å². The smallest absolute Gasteiger partial charge is 0.672 e. The van der Waals surface area contributed by atoms with Crippen LogP contribution < -0.4 is 0 Å². The minimum absolute atomic E-state index is 0. The van der Waals surface area contributed by atoms with E-state index in [-0.39, 0.29) is 27.3 Å². The maximum absolute atomic E-state index is 8.59. The van der Waals surface area contributed by atoms with Gasteiger partial charge >= 0.3 is 21.7 Å². The van der Waals surface area contributed by atoms with Gasteiger partial charge in [0, 0.05) is 9.52 Å². The van der Waals surface area contributed by atoms with Gasteiger partial charge in [-0.2, -0.15) is 11.1 Å². The van der Waals surface area contributed by atoms with E-state index in [1.165, 1.54) is 66.4 Å². The average molecular weight is 575 g/mol. The first kappa shape index (κ1) is 34.0. The molecule has 1 nitrogen and oxygen atoms in total. The number of allylic oxidation sites excluding steroid dienone is 4. The van der Waals surface area contributed by atoms with E-state index in [9.17, 15) is 0 Å². The Morgan fingerprint density at radius 2 is 1.03 bits per heavy atom. The molecule has 39 heavy (non-hydrogen) atoms. The van der Waals surface area contributed by atoms with Gasteiger partial charge in [0.05, 0.1) is 0 Å². The fraction of sp³-hybridized carbons (Fsp3) is 0.556. The summed E-state index contributed by atoms with van der Waals surface area (Å²) in [5.74, 6) is 0.560. The quantitative estimate of drug-likeness (QED) is 0.239. The zero-order valence-corrected chi connectivity index (χ0v) is 28.9. The van der Waals surface area contributed by atoms with Crippen LogP contribution in [0.4, 0.5) is 0 Å². The van der Waals surface area contributed by atoms with E-state index in [0.717, 1.165) is 9.52 Å². The van der Waals surface area contributed by atoms with E-state index in [4.69, 9.17) is 5.73 Å². The van der Waals surface area contributed by atoms with E-state index < -0.39 is 0 Å². The molecule has 4 saturated carbocycles. The summed E-state index contributed by atoms with van der Waals surface area (Å²) in [6.45, 7) is 20.4. The van der Waals surface area contributed by atoms with Crippen LogP contribution in [0.5, 0.6) is 0 Å². The number of hydrogen-bond acceptors (Lipinski definition) is 0. The second-order valence-corrected chi connectivity index (χ2v) is 15.0. The second-order valence-electron chi connectivity index (χ2n) is 13.9. The molecule has 1 radical (unpaired) electrons. The third-order valence-electron chi connectivity index (χ3n) is 8.97. The molecule has 209 valence electrons. The molecule has 2 aromatic carbocycles. The molecule has 7 rings (SSSR count). The van der Waals surface area contributed by atoms with Gasteiger partial charge in [-0.3, -0.25) is 6.08 Å². The molecule has 0 saturated heterocycles. The summed E-state index contributed by atoms with van der Waals surface area (Å²) in [5.41, 5.74) is 16.8. The molecule has 3 heteroatoms. The molecule has 0 amide bonds. The predicted molar refractivity (Wildman–Crippen MR) is 170 cm³/mol. The molecule has 4 bridgehead atoms. The molecule has 0 spiro atoms. The number of rotatable bonds is 1. The van der Waals surface area contributed by atoms with Crippen LogP contribution >= 0.6 is 0 Å². The zero-order valence-electron chi connectivity index (χ0n) is 26.2. The van der Waals surface area contributed by atoms with Gasteiger partial charge in [-0.15, -0.1) is 12.5 Å². The molecule has 1 N–H and O–H groups in total. The third kappa shape index (κ3) is 8.90. The van der Waals surface area contributed by atoms with E-state index in [1.54, 1.807) is 0 Å². The molecule has 4 fully saturated rings. The minimum Gasteiger partial charge on any atom is -0.672 e. The minimum atomic E-state index is -0.0625. The predicted octanol–water partition coefficient (Wildman–Crippen LogP) is 10.8. The van der Waals surface area contributed by atoms with Gasteiger partial charge in [-0.05, 0) is 46.6 Å². The van der Waals surface area contributed by atoms with E-state index in [0.29, 0.717) is 22.2 Å². The third-order valence-corrected chi connectivity index (χ3v) is 8.97. The van der Waals surface area contributed by atoms with Crippen molar-refractivity contribution < 1.29 is 21.7 Å². The Kier molecular flexibility index (Phi) is 11.9. The monoisotopic (exact) mass is 574 g/mol. The van der Waals surface area contributed by atoms with Crippen LogP contribution in [0.1, 0.15) is 87.0 Å². The Bertz CT molecular complexity index is 986.